The Morgan fingerprint density at radius 1 is 1.15 bits per heavy atom. The third-order valence-corrected chi connectivity index (χ3v) is 1.68. The van der Waals surface area contributed by atoms with Gasteiger partial charge in [-0.1, -0.05) is 0 Å². The zero-order valence-electron chi connectivity index (χ0n) is 7.00. The van der Waals surface area contributed by atoms with Crippen molar-refractivity contribution in [2.45, 2.75) is 0 Å². The molecule has 0 saturated heterocycles. The van der Waals surface area contributed by atoms with Crippen LogP contribution in [0.3, 0.4) is 0 Å². The van der Waals surface area contributed by atoms with Gasteiger partial charge < -0.3 is 15.1 Å². The van der Waals surface area contributed by atoms with Crippen LogP contribution in [0.1, 0.15) is 0 Å². The van der Waals surface area contributed by atoms with E-state index in [0.717, 1.165) is 6.20 Å². The molecule has 0 heterocycles. The molecule has 0 fully saturated rings. The number of aliphatic hydroxyl groups is 2. The van der Waals surface area contributed by atoms with Gasteiger partial charge in [-0.3, -0.25) is 4.55 Å². The van der Waals surface area contributed by atoms with Gasteiger partial charge in [0.15, 0.2) is 0 Å². The van der Waals surface area contributed by atoms with Gasteiger partial charge in [-0.25, -0.2) is 0 Å². The van der Waals surface area contributed by atoms with Gasteiger partial charge in [-0.2, -0.15) is 8.42 Å². The zero-order chi connectivity index (χ0) is 10.3. The second-order valence-electron chi connectivity index (χ2n) is 2.28. The molecular formula is C6H13NO5S. The van der Waals surface area contributed by atoms with Crippen molar-refractivity contribution in [3.63, 3.8) is 0 Å². The Balaban J connectivity index is 4.16. The fraction of sp³-hybridized carbons (Fsp3) is 0.667. The summed E-state index contributed by atoms with van der Waals surface area (Å²) in [4.78, 5) is 1.37. The second-order valence-corrected chi connectivity index (χ2v) is 3.59. The van der Waals surface area contributed by atoms with Gasteiger partial charge in [0, 0.05) is 19.3 Å². The Hall–Kier alpha value is -0.630. The first kappa shape index (κ1) is 12.4. The monoisotopic (exact) mass is 211 g/mol. The van der Waals surface area contributed by atoms with Crippen molar-refractivity contribution in [2.75, 3.05) is 26.3 Å². The molecule has 0 bridgehead atoms. The first-order valence-electron chi connectivity index (χ1n) is 3.61. The van der Waals surface area contributed by atoms with E-state index in [2.05, 4.69) is 0 Å². The van der Waals surface area contributed by atoms with Crippen molar-refractivity contribution in [2.24, 2.45) is 0 Å². The molecule has 0 aromatic carbocycles. The summed E-state index contributed by atoms with van der Waals surface area (Å²) >= 11 is 0. The molecule has 0 aliphatic rings. The molecule has 6 nitrogen and oxygen atoms in total. The lowest BCUT2D eigenvalue weighted by Crippen LogP contribution is -2.24. The standard InChI is InChI=1S/C6H13NO5S/c8-4-1-7(2-5-9)3-6-13(10,11)12/h3,6,8-9H,1-2,4-5H2,(H,10,11,12). The number of hydrogen-bond acceptors (Lipinski definition) is 5. The lowest BCUT2D eigenvalue weighted by Gasteiger charge is -2.16. The highest BCUT2D eigenvalue weighted by Crippen LogP contribution is 1.92. The lowest BCUT2D eigenvalue weighted by atomic mass is 10.5. The fourth-order valence-corrected chi connectivity index (χ4v) is 1.01. The number of hydrogen-bond donors (Lipinski definition) is 3. The summed E-state index contributed by atoms with van der Waals surface area (Å²) in [6.07, 6.45) is 1.10. The highest BCUT2D eigenvalue weighted by Gasteiger charge is 2.00. The average Bonchev–Trinajstić information content (AvgIpc) is 2.00. The maximum Gasteiger partial charge on any atom is 0.289 e. The maximum atomic E-state index is 10.3. The molecule has 0 amide bonds. The third kappa shape index (κ3) is 7.72. The first-order chi connectivity index (χ1) is 5.99. The van der Waals surface area contributed by atoms with Crippen molar-refractivity contribution < 1.29 is 23.2 Å². The summed E-state index contributed by atoms with van der Waals surface area (Å²) in [5, 5.41) is 17.6. The van der Waals surface area contributed by atoms with Crippen molar-refractivity contribution in [3.05, 3.63) is 11.6 Å². The van der Waals surface area contributed by atoms with E-state index in [1.54, 1.807) is 0 Å². The van der Waals surface area contributed by atoms with E-state index >= 15 is 0 Å². The Labute approximate surface area is 76.9 Å². The van der Waals surface area contributed by atoms with Gasteiger partial charge in [0.2, 0.25) is 0 Å². The van der Waals surface area contributed by atoms with Crippen molar-refractivity contribution in [3.8, 4) is 0 Å². The summed E-state index contributed by atoms with van der Waals surface area (Å²) < 4.78 is 28.9. The highest BCUT2D eigenvalue weighted by molar-refractivity contribution is 7.88. The van der Waals surface area contributed by atoms with E-state index in [9.17, 15) is 8.42 Å². The van der Waals surface area contributed by atoms with Crippen LogP contribution in [0.15, 0.2) is 11.6 Å². The second kappa shape index (κ2) is 5.92. The lowest BCUT2D eigenvalue weighted by molar-refractivity contribution is 0.199. The van der Waals surface area contributed by atoms with Gasteiger partial charge in [0.05, 0.1) is 18.6 Å². The summed E-state index contributed by atoms with van der Waals surface area (Å²) in [7, 11) is -4.14. The molecule has 78 valence electrons. The molecule has 13 heavy (non-hydrogen) atoms. The van der Waals surface area contributed by atoms with Gasteiger partial charge in [0.25, 0.3) is 10.1 Å². The van der Waals surface area contributed by atoms with Crippen molar-refractivity contribution in [1.82, 2.24) is 4.90 Å². The molecule has 0 aromatic rings. The van der Waals surface area contributed by atoms with Crippen LogP contribution < -0.4 is 0 Å². The van der Waals surface area contributed by atoms with Gasteiger partial charge >= 0.3 is 0 Å². The summed E-state index contributed by atoms with van der Waals surface area (Å²) in [5.74, 6) is 0. The smallest absolute Gasteiger partial charge is 0.289 e. The molecule has 0 atom stereocenters. The van der Waals surface area contributed by atoms with E-state index in [1.165, 1.54) is 4.90 Å². The molecule has 7 heteroatoms. The van der Waals surface area contributed by atoms with Crippen LogP contribution in [0.25, 0.3) is 0 Å². The molecule has 3 N–H and O–H groups in total. The maximum absolute atomic E-state index is 10.3. The molecule has 0 spiro atoms. The molecule has 0 aliphatic carbocycles. The minimum absolute atomic E-state index is 0.157. The minimum atomic E-state index is -4.14. The van der Waals surface area contributed by atoms with Crippen LogP contribution in [0.2, 0.25) is 0 Å². The van der Waals surface area contributed by atoms with Crippen LogP contribution in [0, 0.1) is 0 Å². The van der Waals surface area contributed by atoms with Gasteiger partial charge in [-0.15, -0.1) is 0 Å². The van der Waals surface area contributed by atoms with Crippen LogP contribution in [0.4, 0.5) is 0 Å². The van der Waals surface area contributed by atoms with Crippen LogP contribution >= 0.6 is 0 Å². The Morgan fingerprint density at radius 3 is 1.92 bits per heavy atom. The topological polar surface area (TPSA) is 98.1 Å². The van der Waals surface area contributed by atoms with Crippen LogP contribution in [0.5, 0.6) is 0 Å². The Morgan fingerprint density at radius 2 is 1.62 bits per heavy atom. The van der Waals surface area contributed by atoms with E-state index < -0.39 is 10.1 Å². The quantitative estimate of drug-likeness (QED) is 0.469. The normalized spacial score (nSPS) is 12.2. The van der Waals surface area contributed by atoms with E-state index in [-0.39, 0.29) is 26.3 Å². The molecule has 0 radical (unpaired) electrons. The molecule has 0 saturated carbocycles. The summed E-state index contributed by atoms with van der Waals surface area (Å²) in [5.41, 5.74) is 0. The molecule has 0 aromatic heterocycles. The SMILES string of the molecule is O=S(=O)(O)C=CN(CCO)CCO. The molecular weight excluding hydrogens is 198 g/mol. The predicted octanol–water partition coefficient (Wildman–Crippen LogP) is -1.37. The van der Waals surface area contributed by atoms with Crippen molar-refractivity contribution >= 4 is 10.1 Å². The first-order valence-corrected chi connectivity index (χ1v) is 5.11. The zero-order valence-corrected chi connectivity index (χ0v) is 7.81. The van der Waals surface area contributed by atoms with Crippen molar-refractivity contribution in [1.29, 1.82) is 0 Å². The predicted molar refractivity (Wildman–Crippen MR) is 46.4 cm³/mol. The van der Waals surface area contributed by atoms with E-state index in [4.69, 9.17) is 14.8 Å². The van der Waals surface area contributed by atoms with Crippen LogP contribution in [-0.4, -0.2) is 54.4 Å². The average molecular weight is 211 g/mol. The Kier molecular flexibility index (Phi) is 5.63. The van der Waals surface area contributed by atoms with E-state index in [0.29, 0.717) is 5.41 Å². The number of aliphatic hydroxyl groups excluding tert-OH is 2. The fourth-order valence-electron chi connectivity index (χ4n) is 0.681. The summed E-state index contributed by atoms with van der Waals surface area (Å²) in [6.45, 7) is 0.0881. The number of nitrogens with zero attached hydrogens (tertiary/aromatic N) is 1. The minimum Gasteiger partial charge on any atom is -0.395 e. The van der Waals surface area contributed by atoms with Crippen LogP contribution in [-0.2, 0) is 10.1 Å². The number of rotatable bonds is 6. The van der Waals surface area contributed by atoms with E-state index in [1.807, 2.05) is 0 Å². The third-order valence-electron chi connectivity index (χ3n) is 1.22. The Bertz CT molecular complexity index is 242. The molecule has 0 unspecified atom stereocenters. The summed E-state index contributed by atoms with van der Waals surface area (Å²) in [6, 6.07) is 0. The largest absolute Gasteiger partial charge is 0.395 e. The molecule has 0 rings (SSSR count). The van der Waals surface area contributed by atoms with Gasteiger partial charge in [-0.05, 0) is 0 Å². The van der Waals surface area contributed by atoms with Gasteiger partial charge in [0.1, 0.15) is 0 Å². The molecule has 0 aliphatic heterocycles. The highest BCUT2D eigenvalue weighted by atomic mass is 32.2.